The lowest BCUT2D eigenvalue weighted by atomic mass is 9.91. The predicted octanol–water partition coefficient (Wildman–Crippen LogP) is 3.27. The summed E-state index contributed by atoms with van der Waals surface area (Å²) in [6, 6.07) is 3.04. The molecule has 0 aliphatic carbocycles. The molecule has 0 aliphatic rings. The van der Waals surface area contributed by atoms with Gasteiger partial charge >= 0.3 is 5.97 Å². The van der Waals surface area contributed by atoms with E-state index in [1.54, 1.807) is 6.07 Å². The first kappa shape index (κ1) is 17.4. The first-order chi connectivity index (χ1) is 9.84. The molecule has 5 heteroatoms. The molecule has 1 heterocycles. The lowest BCUT2D eigenvalue weighted by Gasteiger charge is -2.19. The Morgan fingerprint density at radius 2 is 1.95 bits per heavy atom. The molecule has 0 atom stereocenters. The van der Waals surface area contributed by atoms with Gasteiger partial charge in [-0.3, -0.25) is 0 Å². The number of carboxylic acid groups (broad SMARTS) is 1. The number of nitrogens with zero attached hydrogens (tertiary/aromatic N) is 1. The van der Waals surface area contributed by atoms with Crippen LogP contribution in [0.25, 0.3) is 0 Å². The van der Waals surface area contributed by atoms with Gasteiger partial charge in [0.05, 0.1) is 17.9 Å². The van der Waals surface area contributed by atoms with Crippen LogP contribution in [0.2, 0.25) is 0 Å². The van der Waals surface area contributed by atoms with E-state index >= 15 is 0 Å². The molecular formula is C16H25NO4. The summed E-state index contributed by atoms with van der Waals surface area (Å²) in [6.45, 7) is 9.62. The largest absolute Gasteiger partial charge is 0.478 e. The van der Waals surface area contributed by atoms with Crippen LogP contribution < -0.4 is 4.74 Å². The third-order valence-electron chi connectivity index (χ3n) is 2.94. The highest BCUT2D eigenvalue weighted by Gasteiger charge is 2.19. The number of aromatic carboxylic acids is 1. The zero-order valence-electron chi connectivity index (χ0n) is 13.3. The van der Waals surface area contributed by atoms with Gasteiger partial charge in [-0.15, -0.1) is 0 Å². The maximum Gasteiger partial charge on any atom is 0.335 e. The highest BCUT2D eigenvalue weighted by atomic mass is 16.5. The molecule has 0 fully saturated rings. The molecule has 0 aliphatic heterocycles. The van der Waals surface area contributed by atoms with Crippen LogP contribution in [-0.4, -0.2) is 35.9 Å². The van der Waals surface area contributed by atoms with Crippen molar-refractivity contribution in [2.24, 2.45) is 0 Å². The Morgan fingerprint density at radius 3 is 2.52 bits per heavy atom. The Hall–Kier alpha value is -1.62. The lowest BCUT2D eigenvalue weighted by molar-refractivity contribution is 0.0695. The van der Waals surface area contributed by atoms with E-state index in [9.17, 15) is 4.79 Å². The fourth-order valence-electron chi connectivity index (χ4n) is 1.64. The van der Waals surface area contributed by atoms with Gasteiger partial charge in [0.2, 0.25) is 5.88 Å². The smallest absolute Gasteiger partial charge is 0.335 e. The second-order valence-corrected chi connectivity index (χ2v) is 5.95. The molecule has 0 saturated heterocycles. The molecule has 1 rings (SSSR count). The molecular weight excluding hydrogens is 270 g/mol. The van der Waals surface area contributed by atoms with Crippen molar-refractivity contribution in [2.45, 2.75) is 46.0 Å². The Morgan fingerprint density at radius 1 is 1.24 bits per heavy atom. The molecule has 118 valence electrons. The van der Waals surface area contributed by atoms with Crippen LogP contribution >= 0.6 is 0 Å². The third-order valence-corrected chi connectivity index (χ3v) is 2.94. The Kier molecular flexibility index (Phi) is 6.62. The monoisotopic (exact) mass is 295 g/mol. The van der Waals surface area contributed by atoms with Crippen molar-refractivity contribution in [2.75, 3.05) is 19.8 Å². The summed E-state index contributed by atoms with van der Waals surface area (Å²) in [5, 5.41) is 9.16. The van der Waals surface area contributed by atoms with Gasteiger partial charge in [0.15, 0.2) is 0 Å². The van der Waals surface area contributed by atoms with Gasteiger partial charge in [-0.25, -0.2) is 9.78 Å². The molecule has 0 spiro atoms. The minimum Gasteiger partial charge on any atom is -0.478 e. The molecule has 0 amide bonds. The molecule has 1 aromatic rings. The fraction of sp³-hybridized carbons (Fsp3) is 0.625. The number of hydrogen-bond donors (Lipinski definition) is 1. The van der Waals surface area contributed by atoms with E-state index in [0.29, 0.717) is 24.8 Å². The van der Waals surface area contributed by atoms with Crippen LogP contribution in [0.3, 0.4) is 0 Å². The maximum absolute atomic E-state index is 11.2. The summed E-state index contributed by atoms with van der Waals surface area (Å²) < 4.78 is 10.9. The van der Waals surface area contributed by atoms with Gasteiger partial charge in [0, 0.05) is 18.1 Å². The van der Waals surface area contributed by atoms with E-state index in [4.69, 9.17) is 14.6 Å². The van der Waals surface area contributed by atoms with Crippen LogP contribution in [0, 0.1) is 0 Å². The Balaban J connectivity index is 2.68. The van der Waals surface area contributed by atoms with Crippen molar-refractivity contribution in [3.8, 4) is 5.88 Å². The molecule has 0 saturated carbocycles. The van der Waals surface area contributed by atoms with Crippen molar-refractivity contribution in [1.29, 1.82) is 0 Å². The van der Waals surface area contributed by atoms with Crippen LogP contribution in [0.4, 0.5) is 0 Å². The normalized spacial score (nSPS) is 11.4. The molecule has 0 aromatic carbocycles. The highest BCUT2D eigenvalue weighted by molar-refractivity contribution is 5.88. The van der Waals surface area contributed by atoms with E-state index in [1.165, 1.54) is 6.07 Å². The fourth-order valence-corrected chi connectivity index (χ4v) is 1.64. The summed E-state index contributed by atoms with van der Waals surface area (Å²) in [7, 11) is 0. The molecule has 0 bridgehead atoms. The third kappa shape index (κ3) is 6.12. The van der Waals surface area contributed by atoms with Gasteiger partial charge in [-0.1, -0.05) is 34.1 Å². The highest BCUT2D eigenvalue weighted by Crippen LogP contribution is 2.24. The molecule has 5 nitrogen and oxygen atoms in total. The zero-order valence-corrected chi connectivity index (χ0v) is 13.3. The summed E-state index contributed by atoms with van der Waals surface area (Å²) >= 11 is 0. The second kappa shape index (κ2) is 7.98. The molecule has 21 heavy (non-hydrogen) atoms. The van der Waals surface area contributed by atoms with E-state index < -0.39 is 5.97 Å². The predicted molar refractivity (Wildman–Crippen MR) is 81.1 cm³/mol. The molecule has 1 N–H and O–H groups in total. The van der Waals surface area contributed by atoms with Gasteiger partial charge in [0.1, 0.15) is 6.61 Å². The van der Waals surface area contributed by atoms with Gasteiger partial charge < -0.3 is 14.6 Å². The number of ether oxygens (including phenoxy) is 2. The van der Waals surface area contributed by atoms with Crippen LogP contribution in [0.5, 0.6) is 5.88 Å². The molecule has 0 radical (unpaired) electrons. The average Bonchev–Trinajstić information content (AvgIpc) is 2.41. The summed E-state index contributed by atoms with van der Waals surface area (Å²) in [5.74, 6) is -0.647. The van der Waals surface area contributed by atoms with Gasteiger partial charge in [-0.05, 0) is 12.5 Å². The number of unbranched alkanes of at least 4 members (excludes halogenated alkanes) is 1. The molecule has 0 unspecified atom stereocenters. The summed E-state index contributed by atoms with van der Waals surface area (Å²) in [4.78, 5) is 15.6. The first-order valence-corrected chi connectivity index (χ1v) is 7.31. The minimum atomic E-state index is -0.980. The van der Waals surface area contributed by atoms with Crippen LogP contribution in [0.15, 0.2) is 12.1 Å². The maximum atomic E-state index is 11.2. The second-order valence-electron chi connectivity index (χ2n) is 5.95. The average molecular weight is 295 g/mol. The summed E-state index contributed by atoms with van der Waals surface area (Å²) in [6.07, 6.45) is 2.12. The van der Waals surface area contributed by atoms with Crippen molar-refractivity contribution in [3.05, 3.63) is 23.4 Å². The van der Waals surface area contributed by atoms with Crippen LogP contribution in [0.1, 0.15) is 56.6 Å². The quantitative estimate of drug-likeness (QED) is 0.745. The topological polar surface area (TPSA) is 68.7 Å². The number of carbonyl (C=O) groups is 1. The minimum absolute atomic E-state index is 0.192. The van der Waals surface area contributed by atoms with Crippen molar-refractivity contribution < 1.29 is 19.4 Å². The van der Waals surface area contributed by atoms with Crippen molar-refractivity contribution >= 4 is 5.97 Å². The van der Waals surface area contributed by atoms with E-state index in [2.05, 4.69) is 11.9 Å². The van der Waals surface area contributed by atoms with E-state index in [1.807, 2.05) is 20.8 Å². The number of pyridine rings is 1. The number of carboxylic acids is 1. The standard InChI is InChI=1S/C16H25NO4/c1-5-6-7-20-8-9-21-14-11-12(15(18)19)10-13(17-14)16(2,3)4/h10-11H,5-9H2,1-4H3,(H,18,19). The van der Waals surface area contributed by atoms with Crippen molar-refractivity contribution in [3.63, 3.8) is 0 Å². The summed E-state index contributed by atoms with van der Waals surface area (Å²) in [5.41, 5.74) is 0.655. The van der Waals surface area contributed by atoms with Gasteiger partial charge in [0.25, 0.3) is 0 Å². The number of hydrogen-bond acceptors (Lipinski definition) is 4. The lowest BCUT2D eigenvalue weighted by Crippen LogP contribution is -2.16. The Bertz CT molecular complexity index is 466. The van der Waals surface area contributed by atoms with E-state index in [0.717, 1.165) is 19.4 Å². The Labute approximate surface area is 126 Å². The van der Waals surface area contributed by atoms with Gasteiger partial charge in [-0.2, -0.15) is 0 Å². The van der Waals surface area contributed by atoms with Crippen LogP contribution in [-0.2, 0) is 10.2 Å². The van der Waals surface area contributed by atoms with Crippen molar-refractivity contribution in [1.82, 2.24) is 4.98 Å². The van der Waals surface area contributed by atoms with E-state index in [-0.39, 0.29) is 11.0 Å². The molecule has 1 aromatic heterocycles. The number of aromatic nitrogens is 1. The first-order valence-electron chi connectivity index (χ1n) is 7.31. The number of rotatable bonds is 8. The zero-order chi connectivity index (χ0) is 15.9. The SMILES string of the molecule is CCCCOCCOc1cc(C(=O)O)cc(C(C)(C)C)n1.